The zero-order valence-corrected chi connectivity index (χ0v) is 16.4. The molecule has 1 saturated heterocycles. The van der Waals surface area contributed by atoms with Crippen LogP contribution in [0.4, 0.5) is 0 Å². The summed E-state index contributed by atoms with van der Waals surface area (Å²) in [5.41, 5.74) is 2.13. The number of β-amino-alcohol motifs (C(OH)–C–C–N with tert-alkyl or cyclic N) is 1. The fraction of sp³-hybridized carbons (Fsp3) is 0.381. The van der Waals surface area contributed by atoms with Gasteiger partial charge >= 0.3 is 0 Å². The van der Waals surface area contributed by atoms with E-state index in [9.17, 15) is 5.11 Å². The van der Waals surface area contributed by atoms with Crippen LogP contribution in [-0.4, -0.2) is 34.4 Å². The van der Waals surface area contributed by atoms with Crippen molar-refractivity contribution in [3.63, 3.8) is 0 Å². The van der Waals surface area contributed by atoms with Crippen LogP contribution in [-0.2, 0) is 13.0 Å². The number of benzene rings is 1. The van der Waals surface area contributed by atoms with E-state index in [0.717, 1.165) is 28.9 Å². The van der Waals surface area contributed by atoms with E-state index in [1.807, 2.05) is 25.1 Å². The van der Waals surface area contributed by atoms with E-state index in [0.29, 0.717) is 19.5 Å². The molecule has 3 aromatic rings. The molecule has 3 heterocycles. The number of hydrogen-bond acceptors (Lipinski definition) is 6. The molecule has 0 radical (unpaired) electrons. The molecule has 1 fully saturated rings. The van der Waals surface area contributed by atoms with E-state index in [2.05, 4.69) is 41.2 Å². The van der Waals surface area contributed by atoms with Gasteiger partial charge in [-0.05, 0) is 38.1 Å². The normalized spacial score (nSPS) is 20.4. The molecule has 1 aromatic carbocycles. The Hall–Kier alpha value is -2.02. The summed E-state index contributed by atoms with van der Waals surface area (Å²) in [4.78, 5) is 3.40. The molecule has 0 spiro atoms. The van der Waals surface area contributed by atoms with Crippen LogP contribution in [0.25, 0.3) is 0 Å². The highest BCUT2D eigenvalue weighted by Crippen LogP contribution is 2.30. The molecule has 27 heavy (non-hydrogen) atoms. The molecule has 0 aliphatic carbocycles. The maximum Gasteiger partial charge on any atom is 0.165 e. The third-order valence-corrected chi connectivity index (χ3v) is 5.81. The summed E-state index contributed by atoms with van der Waals surface area (Å²) >= 11 is 1.63. The topological polar surface area (TPSA) is 62.6 Å². The first-order valence-electron chi connectivity index (χ1n) is 9.21. The van der Waals surface area contributed by atoms with E-state index in [1.165, 1.54) is 10.5 Å². The molecule has 142 valence electrons. The van der Waals surface area contributed by atoms with Crippen molar-refractivity contribution >= 4 is 11.8 Å². The van der Waals surface area contributed by atoms with E-state index in [-0.39, 0.29) is 12.0 Å². The van der Waals surface area contributed by atoms with Crippen LogP contribution in [0, 0.1) is 19.8 Å². The van der Waals surface area contributed by atoms with Crippen LogP contribution in [0.3, 0.4) is 0 Å². The van der Waals surface area contributed by atoms with Gasteiger partial charge in [0.25, 0.3) is 0 Å². The van der Waals surface area contributed by atoms with Crippen molar-refractivity contribution in [2.24, 2.45) is 5.92 Å². The Balaban J connectivity index is 1.33. The predicted molar refractivity (Wildman–Crippen MR) is 104 cm³/mol. The first-order valence-corrected chi connectivity index (χ1v) is 10.0. The second-order valence-corrected chi connectivity index (χ2v) is 8.37. The molecule has 2 atom stereocenters. The van der Waals surface area contributed by atoms with Crippen molar-refractivity contribution in [2.75, 3.05) is 13.1 Å². The summed E-state index contributed by atoms with van der Waals surface area (Å²) in [6.07, 6.45) is 0.359. The third kappa shape index (κ3) is 4.64. The highest BCUT2D eigenvalue weighted by atomic mass is 32.2. The minimum atomic E-state index is -0.355. The largest absolute Gasteiger partial charge is 0.453 e. The smallest absolute Gasteiger partial charge is 0.165 e. The van der Waals surface area contributed by atoms with Gasteiger partial charge in [-0.15, -0.1) is 0 Å². The van der Waals surface area contributed by atoms with Gasteiger partial charge in [-0.1, -0.05) is 34.6 Å². The Kier molecular flexibility index (Phi) is 5.38. The lowest BCUT2D eigenvalue weighted by Gasteiger charge is -2.13. The number of aromatic nitrogens is 1. The standard InChI is InChI=1S/C21H24N2O3S/c1-14-3-6-19(7-4-14)27-21-8-5-17(25-21)12-23-11-16(20(24)13-23)10-18-9-15(2)22-26-18/h3-9,16,20,24H,10-13H2,1-2H3/t16-,20+/m1/s1. The molecule has 1 aliphatic heterocycles. The summed E-state index contributed by atoms with van der Waals surface area (Å²) < 4.78 is 11.3. The number of rotatable bonds is 6. The zero-order chi connectivity index (χ0) is 18.8. The quantitative estimate of drug-likeness (QED) is 0.691. The monoisotopic (exact) mass is 384 g/mol. The first kappa shape index (κ1) is 18.3. The van der Waals surface area contributed by atoms with Crippen LogP contribution >= 0.6 is 11.8 Å². The lowest BCUT2D eigenvalue weighted by molar-refractivity contribution is 0.136. The van der Waals surface area contributed by atoms with Gasteiger partial charge in [0.1, 0.15) is 11.5 Å². The van der Waals surface area contributed by atoms with Crippen molar-refractivity contribution in [2.45, 2.75) is 42.9 Å². The average Bonchev–Trinajstić information content (AvgIpc) is 3.33. The highest BCUT2D eigenvalue weighted by molar-refractivity contribution is 7.99. The van der Waals surface area contributed by atoms with Crippen molar-refractivity contribution < 1.29 is 14.0 Å². The first-order chi connectivity index (χ1) is 13.0. The van der Waals surface area contributed by atoms with Gasteiger partial charge in [-0.25, -0.2) is 0 Å². The Morgan fingerprint density at radius 2 is 1.93 bits per heavy atom. The number of aryl methyl sites for hydroxylation is 2. The fourth-order valence-corrected chi connectivity index (χ4v) is 4.27. The molecular weight excluding hydrogens is 360 g/mol. The molecule has 0 bridgehead atoms. The van der Waals surface area contributed by atoms with Gasteiger partial charge in [-0.2, -0.15) is 0 Å². The lowest BCUT2D eigenvalue weighted by atomic mass is 10.0. The average molecular weight is 385 g/mol. The molecule has 6 heteroatoms. The van der Waals surface area contributed by atoms with Gasteiger partial charge in [0, 0.05) is 36.4 Å². The summed E-state index contributed by atoms with van der Waals surface area (Å²) in [5, 5.41) is 15.2. The van der Waals surface area contributed by atoms with Gasteiger partial charge in [0.2, 0.25) is 0 Å². The SMILES string of the molecule is Cc1ccc(Sc2ccc(CN3C[C@@H](Cc4cc(C)no4)[C@@H](O)C3)o2)cc1. The van der Waals surface area contributed by atoms with E-state index in [1.54, 1.807) is 11.8 Å². The Morgan fingerprint density at radius 3 is 2.67 bits per heavy atom. The maximum absolute atomic E-state index is 10.4. The van der Waals surface area contributed by atoms with Crippen molar-refractivity contribution in [3.8, 4) is 0 Å². The highest BCUT2D eigenvalue weighted by Gasteiger charge is 2.32. The molecule has 2 aromatic heterocycles. The Morgan fingerprint density at radius 1 is 1.11 bits per heavy atom. The van der Waals surface area contributed by atoms with Crippen molar-refractivity contribution in [3.05, 3.63) is 65.2 Å². The summed E-state index contributed by atoms with van der Waals surface area (Å²) in [6, 6.07) is 14.4. The molecule has 1 N–H and O–H groups in total. The van der Waals surface area contributed by atoms with Gasteiger partial charge in [-0.3, -0.25) is 4.90 Å². The molecular formula is C21H24N2O3S. The third-order valence-electron chi connectivity index (χ3n) is 4.88. The summed E-state index contributed by atoms with van der Waals surface area (Å²) in [6.45, 7) is 6.17. The van der Waals surface area contributed by atoms with Gasteiger partial charge in [0.15, 0.2) is 5.09 Å². The maximum atomic E-state index is 10.4. The minimum Gasteiger partial charge on any atom is -0.453 e. The van der Waals surface area contributed by atoms with Crippen LogP contribution in [0.1, 0.15) is 22.8 Å². The predicted octanol–water partition coefficient (Wildman–Crippen LogP) is 4.07. The van der Waals surface area contributed by atoms with E-state index < -0.39 is 0 Å². The van der Waals surface area contributed by atoms with Crippen molar-refractivity contribution in [1.29, 1.82) is 0 Å². The second kappa shape index (κ2) is 7.92. The van der Waals surface area contributed by atoms with Crippen LogP contribution in [0.5, 0.6) is 0 Å². The number of likely N-dealkylation sites (tertiary alicyclic amines) is 1. The van der Waals surface area contributed by atoms with Crippen molar-refractivity contribution in [1.82, 2.24) is 10.1 Å². The van der Waals surface area contributed by atoms with Gasteiger partial charge < -0.3 is 14.0 Å². The number of aliphatic hydroxyl groups is 1. The van der Waals surface area contributed by atoms with Crippen LogP contribution in [0.2, 0.25) is 0 Å². The Labute approximate surface area is 163 Å². The number of aliphatic hydroxyl groups excluding tert-OH is 1. The molecule has 0 unspecified atom stereocenters. The van der Waals surface area contributed by atoms with Gasteiger partial charge in [0.05, 0.1) is 18.3 Å². The minimum absolute atomic E-state index is 0.161. The van der Waals surface area contributed by atoms with E-state index in [4.69, 9.17) is 8.94 Å². The lowest BCUT2D eigenvalue weighted by Crippen LogP contribution is -2.21. The summed E-state index contributed by atoms with van der Waals surface area (Å²) in [5.74, 6) is 1.93. The Bertz CT molecular complexity index is 887. The van der Waals surface area contributed by atoms with Crippen LogP contribution < -0.4 is 0 Å². The molecule has 5 nitrogen and oxygen atoms in total. The number of hydrogen-bond donors (Lipinski definition) is 1. The fourth-order valence-electron chi connectivity index (χ4n) is 3.48. The molecule has 4 rings (SSSR count). The second-order valence-electron chi connectivity index (χ2n) is 7.30. The van der Waals surface area contributed by atoms with Crippen LogP contribution in [0.15, 0.2) is 61.4 Å². The zero-order valence-electron chi connectivity index (χ0n) is 15.6. The number of furan rings is 1. The number of nitrogens with zero attached hydrogens (tertiary/aromatic N) is 2. The molecule has 1 aliphatic rings. The summed E-state index contributed by atoms with van der Waals surface area (Å²) in [7, 11) is 0. The molecule has 0 saturated carbocycles. The molecule has 0 amide bonds. The van der Waals surface area contributed by atoms with E-state index >= 15 is 0 Å².